The van der Waals surface area contributed by atoms with Crippen molar-refractivity contribution < 1.29 is 0 Å². The third kappa shape index (κ3) is 7.34. The molecule has 74 heavy (non-hydrogen) atoms. The Kier molecular flexibility index (Phi) is 10.2. The minimum absolute atomic E-state index is 0.591. The van der Waals surface area contributed by atoms with E-state index in [1.54, 1.807) is 0 Å². The first-order valence-electron chi connectivity index (χ1n) is 25.0. The maximum Gasteiger partial charge on any atom is 0.164 e. The van der Waals surface area contributed by atoms with E-state index < -0.39 is 0 Å². The fourth-order valence-electron chi connectivity index (χ4n) is 11.2. The molecule has 13 aromatic rings. The molecule has 0 saturated heterocycles. The highest BCUT2D eigenvalue weighted by molar-refractivity contribution is 6.16. The van der Waals surface area contributed by atoms with Crippen LogP contribution in [0.5, 0.6) is 0 Å². The molecular formula is C70H42N4. The normalized spacial score (nSPS) is 11.5. The van der Waals surface area contributed by atoms with Gasteiger partial charge in [0.1, 0.15) is 0 Å². The Morgan fingerprint density at radius 2 is 0.757 bits per heavy atom. The molecule has 0 atom stereocenters. The van der Waals surface area contributed by atoms with Gasteiger partial charge in [0, 0.05) is 16.7 Å². The smallest absolute Gasteiger partial charge is 0.164 e. The van der Waals surface area contributed by atoms with Gasteiger partial charge < -0.3 is 0 Å². The predicted molar refractivity (Wildman–Crippen MR) is 305 cm³/mol. The van der Waals surface area contributed by atoms with Crippen molar-refractivity contribution in [3.05, 3.63) is 260 Å². The quantitative estimate of drug-likeness (QED) is 0.142. The largest absolute Gasteiger partial charge is 0.208 e. The van der Waals surface area contributed by atoms with Crippen LogP contribution in [0.2, 0.25) is 0 Å². The van der Waals surface area contributed by atoms with E-state index in [4.69, 9.17) is 15.0 Å². The monoisotopic (exact) mass is 938 g/mol. The zero-order chi connectivity index (χ0) is 49.1. The predicted octanol–water partition coefficient (Wildman–Crippen LogP) is 18.2. The summed E-state index contributed by atoms with van der Waals surface area (Å²) in [5, 5.41) is 17.5. The van der Waals surface area contributed by atoms with Crippen molar-refractivity contribution in [2.75, 3.05) is 0 Å². The number of rotatable bonds is 8. The Labute approximate surface area is 428 Å². The van der Waals surface area contributed by atoms with Gasteiger partial charge in [-0.2, -0.15) is 5.26 Å². The van der Waals surface area contributed by atoms with Gasteiger partial charge in [0.2, 0.25) is 0 Å². The molecular weight excluding hydrogens is 897 g/mol. The Hall–Kier alpha value is -10.1. The highest BCUT2D eigenvalue weighted by Crippen LogP contribution is 2.49. The molecule has 342 valence electrons. The average Bonchev–Trinajstić information content (AvgIpc) is 3.81. The molecule has 0 unspecified atom stereocenters. The summed E-state index contributed by atoms with van der Waals surface area (Å²) in [6.07, 6.45) is 0. The Bertz CT molecular complexity index is 4430. The minimum atomic E-state index is 0.591. The first-order chi connectivity index (χ1) is 36.6. The number of nitrogens with zero attached hydrogens (tertiary/aromatic N) is 4. The van der Waals surface area contributed by atoms with Gasteiger partial charge in [0.15, 0.2) is 17.5 Å². The fourth-order valence-corrected chi connectivity index (χ4v) is 11.2. The van der Waals surface area contributed by atoms with Crippen molar-refractivity contribution in [2.24, 2.45) is 0 Å². The number of hydrogen-bond acceptors (Lipinski definition) is 4. The van der Waals surface area contributed by atoms with Crippen LogP contribution in [0.15, 0.2) is 255 Å². The van der Waals surface area contributed by atoms with Crippen molar-refractivity contribution in [2.45, 2.75) is 0 Å². The summed E-state index contributed by atoms with van der Waals surface area (Å²) in [7, 11) is 0. The third-order valence-electron chi connectivity index (χ3n) is 14.7. The summed E-state index contributed by atoms with van der Waals surface area (Å²) >= 11 is 0. The lowest BCUT2D eigenvalue weighted by atomic mass is 9.90. The van der Waals surface area contributed by atoms with Crippen molar-refractivity contribution in [3.63, 3.8) is 0 Å². The summed E-state index contributed by atoms with van der Waals surface area (Å²) in [6, 6.07) is 92.3. The zero-order valence-corrected chi connectivity index (χ0v) is 40.0. The molecule has 4 heteroatoms. The van der Waals surface area contributed by atoms with E-state index in [2.05, 4.69) is 218 Å². The SMILES string of the molecule is N#Cc1ccc(-c2cccc(-c3ccc4c(c3)-c3cccc5cccc-4c35)c2)c(-c2ccc(-c3cccc(-c4nc(-c5ccccc5)nc(-c5ccccc5-c5cc6ccccc6c6ccccc56)n4)c3)cc2)c1. The summed E-state index contributed by atoms with van der Waals surface area (Å²) in [6.45, 7) is 0. The molecule has 0 radical (unpaired) electrons. The second-order valence-electron chi connectivity index (χ2n) is 19.0. The molecule has 1 heterocycles. The summed E-state index contributed by atoms with van der Waals surface area (Å²) in [5.41, 5.74) is 19.2. The van der Waals surface area contributed by atoms with Crippen LogP contribution in [0.1, 0.15) is 5.56 Å². The molecule has 12 aromatic carbocycles. The van der Waals surface area contributed by atoms with Gasteiger partial charge in [-0.3, -0.25) is 0 Å². The fraction of sp³-hybridized carbons (Fsp3) is 0. The van der Waals surface area contributed by atoms with Gasteiger partial charge in [-0.05, 0) is 147 Å². The molecule has 1 aromatic heterocycles. The molecule has 0 fully saturated rings. The van der Waals surface area contributed by atoms with E-state index in [-0.39, 0.29) is 0 Å². The Morgan fingerprint density at radius 1 is 0.243 bits per heavy atom. The van der Waals surface area contributed by atoms with E-state index in [1.165, 1.54) is 60.1 Å². The topological polar surface area (TPSA) is 62.5 Å². The molecule has 14 rings (SSSR count). The lowest BCUT2D eigenvalue weighted by Crippen LogP contribution is -2.01. The highest BCUT2D eigenvalue weighted by atomic mass is 15.0. The summed E-state index contributed by atoms with van der Waals surface area (Å²) < 4.78 is 0. The minimum Gasteiger partial charge on any atom is -0.208 e. The highest BCUT2D eigenvalue weighted by Gasteiger charge is 2.22. The maximum atomic E-state index is 10.1. The van der Waals surface area contributed by atoms with Crippen LogP contribution in [0, 0.1) is 11.3 Å². The van der Waals surface area contributed by atoms with E-state index >= 15 is 0 Å². The van der Waals surface area contributed by atoms with Crippen LogP contribution in [0.3, 0.4) is 0 Å². The maximum absolute atomic E-state index is 10.1. The van der Waals surface area contributed by atoms with Crippen LogP contribution in [0.4, 0.5) is 0 Å². The van der Waals surface area contributed by atoms with Gasteiger partial charge in [0.05, 0.1) is 11.6 Å². The number of nitriles is 1. The first kappa shape index (κ1) is 42.8. The van der Waals surface area contributed by atoms with Crippen LogP contribution >= 0.6 is 0 Å². The van der Waals surface area contributed by atoms with E-state index in [1.807, 2.05) is 42.5 Å². The Morgan fingerprint density at radius 3 is 1.55 bits per heavy atom. The van der Waals surface area contributed by atoms with Crippen LogP contribution in [-0.4, -0.2) is 15.0 Å². The molecule has 0 bridgehead atoms. The molecule has 4 nitrogen and oxygen atoms in total. The van der Waals surface area contributed by atoms with Crippen LogP contribution < -0.4 is 0 Å². The standard InChI is InChI=1S/C70H42N4/c71-43-44-30-36-56(52-21-10-20-50(39-52)51-35-37-60-61-28-12-17-47-18-13-29-62(67(47)61)66(60)41-51)64(38-44)46-33-31-45(32-34-46)49-19-11-22-54(40-49)69-72-68(48-14-2-1-3-15-48)73-70(74-69)63-27-9-8-26-59(63)65-42-53-16-4-5-23-55(53)57-24-6-7-25-58(57)65/h1-42H. The van der Waals surface area contributed by atoms with Crippen molar-refractivity contribution in [1.82, 2.24) is 15.0 Å². The lowest BCUT2D eigenvalue weighted by Gasteiger charge is -2.15. The van der Waals surface area contributed by atoms with Crippen LogP contribution in [-0.2, 0) is 0 Å². The molecule has 0 amide bonds. The van der Waals surface area contributed by atoms with Crippen molar-refractivity contribution in [1.29, 1.82) is 5.26 Å². The molecule has 0 N–H and O–H groups in total. The number of hydrogen-bond donors (Lipinski definition) is 0. The second-order valence-corrected chi connectivity index (χ2v) is 19.0. The van der Waals surface area contributed by atoms with Gasteiger partial charge in [-0.1, -0.05) is 218 Å². The number of aromatic nitrogens is 3. The molecule has 0 spiro atoms. The zero-order valence-electron chi connectivity index (χ0n) is 40.0. The molecule has 0 aliphatic heterocycles. The first-order valence-corrected chi connectivity index (χ1v) is 25.0. The molecule has 1 aliphatic carbocycles. The van der Waals surface area contributed by atoms with Gasteiger partial charge in [0.25, 0.3) is 0 Å². The van der Waals surface area contributed by atoms with Crippen molar-refractivity contribution >= 4 is 32.3 Å². The number of fused-ring (bicyclic) bond motifs is 6. The molecule has 0 saturated carbocycles. The summed E-state index contributed by atoms with van der Waals surface area (Å²) in [4.78, 5) is 15.6. The van der Waals surface area contributed by atoms with Crippen molar-refractivity contribution in [3.8, 4) is 118 Å². The van der Waals surface area contributed by atoms with E-state index in [0.717, 1.165) is 66.8 Å². The van der Waals surface area contributed by atoms with Gasteiger partial charge in [-0.15, -0.1) is 0 Å². The third-order valence-corrected chi connectivity index (χ3v) is 14.7. The van der Waals surface area contributed by atoms with E-state index in [0.29, 0.717) is 23.0 Å². The molecule has 1 aliphatic rings. The van der Waals surface area contributed by atoms with Gasteiger partial charge in [-0.25, -0.2) is 15.0 Å². The lowest BCUT2D eigenvalue weighted by molar-refractivity contribution is 1.07. The average molecular weight is 939 g/mol. The Balaban J connectivity index is 0.817. The number of benzene rings is 12. The van der Waals surface area contributed by atoms with Crippen LogP contribution in [0.25, 0.3) is 144 Å². The van der Waals surface area contributed by atoms with Gasteiger partial charge >= 0.3 is 0 Å². The second kappa shape index (κ2) is 17.6. The summed E-state index contributed by atoms with van der Waals surface area (Å²) in [5.74, 6) is 1.80. The van der Waals surface area contributed by atoms with E-state index in [9.17, 15) is 5.26 Å².